The summed E-state index contributed by atoms with van der Waals surface area (Å²) in [6.07, 6.45) is 0. The molecule has 1 unspecified atom stereocenters. The lowest BCUT2D eigenvalue weighted by atomic mass is 9.65. The third-order valence-corrected chi connectivity index (χ3v) is 7.26. The van der Waals surface area contributed by atoms with Gasteiger partial charge in [-0.3, -0.25) is 4.79 Å². The largest absolute Gasteiger partial charge is 0.467 e. The number of halogens is 1. The van der Waals surface area contributed by atoms with E-state index in [0.29, 0.717) is 11.1 Å². The molecule has 3 rings (SSSR count). The predicted octanol–water partition coefficient (Wildman–Crippen LogP) is -0.615. The first-order valence-electron chi connectivity index (χ1n) is 8.48. The van der Waals surface area contributed by atoms with Crippen molar-refractivity contribution in [1.29, 1.82) is 0 Å². The molecule has 11 heteroatoms. The molecule has 6 nitrogen and oxygen atoms in total. The molecular formula is C17H17B3BrNO5S. The molecule has 0 bridgehead atoms. The number of nitrogens with two attached hydrogens (primary N) is 1. The van der Waals surface area contributed by atoms with E-state index >= 15 is 0 Å². The minimum atomic E-state index is -4.25. The number of Topliss-reactive ketones (excluding diaryl/α,β-unsaturated/α-hetero) is 1. The number of carbonyl (C=O) groups is 1. The van der Waals surface area contributed by atoms with Crippen LogP contribution in [-0.4, -0.2) is 37.7 Å². The molecule has 2 aromatic carbocycles. The molecule has 2 aromatic rings. The van der Waals surface area contributed by atoms with Gasteiger partial charge in [0, 0.05) is 4.47 Å². The quantitative estimate of drug-likeness (QED) is 0.473. The van der Waals surface area contributed by atoms with Crippen molar-refractivity contribution in [2.24, 2.45) is 5.73 Å². The monoisotopic (exact) mass is 459 g/mol. The highest BCUT2D eigenvalue weighted by Crippen LogP contribution is 2.38. The van der Waals surface area contributed by atoms with Crippen LogP contribution in [0.15, 0.2) is 70.7 Å². The van der Waals surface area contributed by atoms with Crippen LogP contribution in [0.3, 0.4) is 0 Å². The zero-order valence-corrected chi connectivity index (χ0v) is 18.0. The molecule has 1 aliphatic rings. The fourth-order valence-electron chi connectivity index (χ4n) is 2.88. The van der Waals surface area contributed by atoms with Gasteiger partial charge < -0.3 is 14.7 Å². The van der Waals surface area contributed by atoms with Crippen molar-refractivity contribution >= 4 is 55.4 Å². The van der Waals surface area contributed by atoms with E-state index in [1.54, 1.807) is 54.6 Å². The van der Waals surface area contributed by atoms with Gasteiger partial charge in [0.25, 0.3) is 0 Å². The Morgan fingerprint density at radius 1 is 1.07 bits per heavy atom. The maximum atomic E-state index is 13.0. The molecule has 1 heterocycles. The van der Waals surface area contributed by atoms with E-state index in [-0.39, 0.29) is 5.88 Å². The number of ether oxygens (including phenoxy) is 1. The maximum absolute atomic E-state index is 13.0. The molecule has 1 atom stereocenters. The standard InChI is InChI=1S/C17H17B3BrNO5S/c18-16(10-6-8-12(21)9-7-10)14(23)13(15(22)26-16)27-28(24,25)17(19,20)11-4-2-1-3-5-11/h1-9H,18-20,22H2. The molecular weight excluding hydrogens is 443 g/mol. The van der Waals surface area contributed by atoms with E-state index in [0.717, 1.165) is 4.47 Å². The SMILES string of the molecule is BC1(c2ccc(Br)cc2)OC(N)=C(OS(=O)(=O)C(B)(B)c2ccccc2)C1=O. The third-order valence-electron chi connectivity index (χ3n) is 4.86. The fourth-order valence-corrected chi connectivity index (χ4v) is 4.15. The lowest BCUT2D eigenvalue weighted by Crippen LogP contribution is -2.40. The van der Waals surface area contributed by atoms with Crippen LogP contribution in [0, 0.1) is 0 Å². The number of benzene rings is 2. The second-order valence-electron chi connectivity index (χ2n) is 7.08. The third kappa shape index (κ3) is 3.37. The van der Waals surface area contributed by atoms with Gasteiger partial charge in [0.1, 0.15) is 15.7 Å². The van der Waals surface area contributed by atoms with Crippen LogP contribution in [-0.2, 0) is 33.9 Å². The molecule has 0 saturated carbocycles. The molecule has 0 amide bonds. The first-order valence-corrected chi connectivity index (χ1v) is 10.7. The molecule has 0 aliphatic carbocycles. The summed E-state index contributed by atoms with van der Waals surface area (Å²) in [4.78, 5) is 13.0. The second kappa shape index (κ2) is 7.04. The average molecular weight is 460 g/mol. The Labute approximate surface area is 175 Å². The topological polar surface area (TPSA) is 95.7 Å². The number of rotatable bonds is 5. The van der Waals surface area contributed by atoms with Crippen LogP contribution in [0.2, 0.25) is 0 Å². The fraction of sp³-hybridized carbons (Fsp3) is 0.118. The highest BCUT2D eigenvalue weighted by molar-refractivity contribution is 9.10. The van der Waals surface area contributed by atoms with Gasteiger partial charge in [0.2, 0.25) is 17.4 Å². The first kappa shape index (κ1) is 20.6. The maximum Gasteiger partial charge on any atom is 0.304 e. The van der Waals surface area contributed by atoms with Crippen molar-refractivity contribution < 1.29 is 22.1 Å². The zero-order valence-electron chi connectivity index (χ0n) is 15.6. The van der Waals surface area contributed by atoms with Crippen LogP contribution in [0.4, 0.5) is 0 Å². The highest BCUT2D eigenvalue weighted by atomic mass is 79.9. The summed E-state index contributed by atoms with van der Waals surface area (Å²) >= 11 is 3.33. The summed E-state index contributed by atoms with van der Waals surface area (Å²) in [5.41, 5.74) is 5.43. The summed E-state index contributed by atoms with van der Waals surface area (Å²) in [6, 6.07) is 15.5. The van der Waals surface area contributed by atoms with Crippen LogP contribution in [0.5, 0.6) is 0 Å². The Kier molecular flexibility index (Phi) is 5.18. The Morgan fingerprint density at radius 3 is 2.21 bits per heavy atom. The van der Waals surface area contributed by atoms with Crippen LogP contribution < -0.4 is 5.73 Å². The molecule has 2 N–H and O–H groups in total. The number of hydrogen-bond donors (Lipinski definition) is 1. The predicted molar refractivity (Wildman–Crippen MR) is 117 cm³/mol. The summed E-state index contributed by atoms with van der Waals surface area (Å²) in [7, 11) is 0.282. The smallest absolute Gasteiger partial charge is 0.304 e. The highest BCUT2D eigenvalue weighted by Gasteiger charge is 2.50. The molecule has 0 fully saturated rings. The second-order valence-corrected chi connectivity index (χ2v) is 10.1. The number of ketones is 1. The van der Waals surface area contributed by atoms with E-state index in [1.807, 2.05) is 0 Å². The van der Waals surface area contributed by atoms with Crippen LogP contribution in [0.25, 0.3) is 0 Å². The van der Waals surface area contributed by atoms with E-state index in [9.17, 15) is 13.2 Å². The molecule has 0 aromatic heterocycles. The Bertz CT molecular complexity index is 1060. The molecule has 0 radical (unpaired) electrons. The Hall–Kier alpha value is -2.13. The number of carbonyl (C=O) groups excluding carboxylic acids is 1. The van der Waals surface area contributed by atoms with Crippen molar-refractivity contribution in [3.8, 4) is 0 Å². The van der Waals surface area contributed by atoms with Gasteiger partial charge in [0.05, 0.1) is 4.55 Å². The zero-order chi connectivity index (χ0) is 20.7. The van der Waals surface area contributed by atoms with Crippen molar-refractivity contribution in [2.45, 2.75) is 10.0 Å². The van der Waals surface area contributed by atoms with E-state index in [1.165, 1.54) is 23.5 Å². The normalized spacial score (nSPS) is 20.1. The van der Waals surface area contributed by atoms with Crippen molar-refractivity contribution in [3.05, 3.63) is 81.8 Å². The van der Waals surface area contributed by atoms with Crippen molar-refractivity contribution in [3.63, 3.8) is 0 Å². The Morgan fingerprint density at radius 2 is 1.64 bits per heavy atom. The summed E-state index contributed by atoms with van der Waals surface area (Å²) in [5, 5.41) is 0. The van der Waals surface area contributed by atoms with Gasteiger partial charge in [-0.15, -0.1) is 0 Å². The van der Waals surface area contributed by atoms with Gasteiger partial charge in [-0.2, -0.15) is 8.42 Å². The van der Waals surface area contributed by atoms with E-state index in [4.69, 9.17) is 14.7 Å². The van der Waals surface area contributed by atoms with Crippen molar-refractivity contribution in [1.82, 2.24) is 0 Å². The van der Waals surface area contributed by atoms with Crippen LogP contribution >= 0.6 is 15.9 Å². The van der Waals surface area contributed by atoms with Crippen LogP contribution in [0.1, 0.15) is 11.1 Å². The molecule has 28 heavy (non-hydrogen) atoms. The van der Waals surface area contributed by atoms with Gasteiger partial charge >= 0.3 is 10.1 Å². The minimum Gasteiger partial charge on any atom is -0.467 e. The molecule has 0 spiro atoms. The Balaban J connectivity index is 1.93. The van der Waals surface area contributed by atoms with Gasteiger partial charge in [-0.1, -0.05) is 58.4 Å². The minimum absolute atomic E-state index is 0.358. The van der Waals surface area contributed by atoms with Gasteiger partial charge in [-0.05, 0) is 23.3 Å². The van der Waals surface area contributed by atoms with Gasteiger partial charge in [0.15, 0.2) is 13.3 Å². The van der Waals surface area contributed by atoms with Gasteiger partial charge in [-0.25, -0.2) is 0 Å². The molecule has 0 saturated heterocycles. The lowest BCUT2D eigenvalue weighted by Gasteiger charge is -2.26. The van der Waals surface area contributed by atoms with Crippen molar-refractivity contribution in [2.75, 3.05) is 0 Å². The molecule has 1 aliphatic heterocycles. The number of hydrogen-bond acceptors (Lipinski definition) is 6. The van der Waals surface area contributed by atoms with E-state index in [2.05, 4.69) is 15.9 Å². The molecule has 142 valence electrons. The lowest BCUT2D eigenvalue weighted by molar-refractivity contribution is -0.126. The summed E-state index contributed by atoms with van der Waals surface area (Å²) < 4.78 is 36.1. The average Bonchev–Trinajstić information content (AvgIpc) is 2.86. The van der Waals surface area contributed by atoms with E-state index < -0.39 is 31.7 Å². The summed E-state index contributed by atoms with van der Waals surface area (Å²) in [5.74, 6) is -1.52. The first-order chi connectivity index (χ1) is 13.0. The summed E-state index contributed by atoms with van der Waals surface area (Å²) in [6.45, 7) is 0.